The van der Waals surface area contributed by atoms with Crippen LogP contribution in [0.5, 0.6) is 0 Å². The van der Waals surface area contributed by atoms with Crippen molar-refractivity contribution in [2.45, 2.75) is 13.3 Å². The van der Waals surface area contributed by atoms with E-state index < -0.39 is 5.82 Å². The second-order valence-corrected chi connectivity index (χ2v) is 4.43. The van der Waals surface area contributed by atoms with Gasteiger partial charge in [0, 0.05) is 28.9 Å². The molecule has 2 nitrogen and oxygen atoms in total. The Kier molecular flexibility index (Phi) is 3.72. The van der Waals surface area contributed by atoms with Crippen molar-refractivity contribution >= 4 is 17.4 Å². The van der Waals surface area contributed by atoms with E-state index in [1.807, 2.05) is 6.92 Å². The lowest BCUT2D eigenvalue weighted by Gasteiger charge is -2.04. The van der Waals surface area contributed by atoms with Crippen molar-refractivity contribution in [1.82, 2.24) is 4.98 Å². The number of aryl methyl sites for hydroxylation is 1. The van der Waals surface area contributed by atoms with E-state index in [2.05, 4.69) is 4.98 Å². The molecule has 0 aliphatic heterocycles. The van der Waals surface area contributed by atoms with Gasteiger partial charge in [-0.2, -0.15) is 0 Å². The van der Waals surface area contributed by atoms with Gasteiger partial charge in [-0.1, -0.05) is 17.7 Å². The number of carbonyl (C=O) groups excluding carboxylic acids is 1. The SMILES string of the molecule is Cc1ccc(C(=O)Cc2ccc(F)cc2Cl)cn1. The highest BCUT2D eigenvalue weighted by Gasteiger charge is 2.10. The standard InChI is InChI=1S/C14H11ClFNO/c1-9-2-3-11(8-17-9)14(18)6-10-4-5-12(16)7-13(10)15/h2-5,7-8H,6H2,1H3. The fourth-order valence-corrected chi connectivity index (χ4v) is 1.81. The molecule has 0 aliphatic carbocycles. The van der Waals surface area contributed by atoms with E-state index in [1.165, 1.54) is 24.4 Å². The van der Waals surface area contributed by atoms with Gasteiger partial charge < -0.3 is 0 Å². The third-order valence-corrected chi connectivity index (χ3v) is 2.95. The van der Waals surface area contributed by atoms with Gasteiger partial charge in [0.05, 0.1) is 0 Å². The molecule has 1 heterocycles. The molecule has 0 aliphatic rings. The maximum absolute atomic E-state index is 12.9. The lowest BCUT2D eigenvalue weighted by molar-refractivity contribution is 0.0992. The number of carbonyl (C=O) groups is 1. The third kappa shape index (κ3) is 2.93. The molecule has 92 valence electrons. The lowest BCUT2D eigenvalue weighted by atomic mass is 10.0. The zero-order valence-corrected chi connectivity index (χ0v) is 10.5. The number of pyridine rings is 1. The number of hydrogen-bond acceptors (Lipinski definition) is 2. The van der Waals surface area contributed by atoms with Crippen molar-refractivity contribution in [2.75, 3.05) is 0 Å². The number of hydrogen-bond donors (Lipinski definition) is 0. The molecule has 4 heteroatoms. The minimum absolute atomic E-state index is 0.0870. The molecule has 0 saturated carbocycles. The van der Waals surface area contributed by atoms with Crippen LogP contribution in [0.25, 0.3) is 0 Å². The Bertz CT molecular complexity index is 581. The van der Waals surface area contributed by atoms with Crippen molar-refractivity contribution < 1.29 is 9.18 Å². The monoisotopic (exact) mass is 263 g/mol. The van der Waals surface area contributed by atoms with Crippen LogP contribution in [0.4, 0.5) is 4.39 Å². The maximum atomic E-state index is 12.9. The molecule has 0 atom stereocenters. The normalized spacial score (nSPS) is 10.4. The Labute approximate surface area is 109 Å². The summed E-state index contributed by atoms with van der Waals surface area (Å²) in [7, 11) is 0. The highest BCUT2D eigenvalue weighted by molar-refractivity contribution is 6.31. The molecular weight excluding hydrogens is 253 g/mol. The van der Waals surface area contributed by atoms with E-state index in [0.29, 0.717) is 11.1 Å². The molecule has 0 saturated heterocycles. The summed E-state index contributed by atoms with van der Waals surface area (Å²) >= 11 is 5.88. The summed E-state index contributed by atoms with van der Waals surface area (Å²) in [5, 5.41) is 0.267. The van der Waals surface area contributed by atoms with Crippen LogP contribution in [0.3, 0.4) is 0 Å². The average Bonchev–Trinajstić information content (AvgIpc) is 2.33. The molecule has 0 fully saturated rings. The fraction of sp³-hybridized carbons (Fsp3) is 0.143. The quantitative estimate of drug-likeness (QED) is 0.792. The van der Waals surface area contributed by atoms with Gasteiger partial charge in [0.25, 0.3) is 0 Å². The number of nitrogens with zero attached hydrogens (tertiary/aromatic N) is 1. The zero-order valence-electron chi connectivity index (χ0n) is 9.78. The number of rotatable bonds is 3. The van der Waals surface area contributed by atoms with Crippen LogP contribution >= 0.6 is 11.6 Å². The first-order valence-corrected chi connectivity index (χ1v) is 5.84. The van der Waals surface area contributed by atoms with Crippen LogP contribution in [0, 0.1) is 12.7 Å². The first-order chi connectivity index (χ1) is 8.56. The van der Waals surface area contributed by atoms with Gasteiger partial charge in [-0.25, -0.2) is 4.39 Å². The van der Waals surface area contributed by atoms with Crippen molar-refractivity contribution in [3.63, 3.8) is 0 Å². The van der Waals surface area contributed by atoms with E-state index >= 15 is 0 Å². The van der Waals surface area contributed by atoms with Crippen LogP contribution in [0.1, 0.15) is 21.6 Å². The van der Waals surface area contributed by atoms with Gasteiger partial charge in [-0.3, -0.25) is 9.78 Å². The van der Waals surface area contributed by atoms with E-state index in [-0.39, 0.29) is 17.2 Å². The predicted octanol–water partition coefficient (Wildman–Crippen LogP) is 3.61. The van der Waals surface area contributed by atoms with Crippen molar-refractivity contribution in [2.24, 2.45) is 0 Å². The van der Waals surface area contributed by atoms with Crippen molar-refractivity contribution in [1.29, 1.82) is 0 Å². The lowest BCUT2D eigenvalue weighted by Crippen LogP contribution is -2.05. The Morgan fingerprint density at radius 1 is 1.33 bits per heavy atom. The second-order valence-electron chi connectivity index (χ2n) is 4.02. The molecule has 18 heavy (non-hydrogen) atoms. The third-order valence-electron chi connectivity index (χ3n) is 2.60. The molecular formula is C14H11ClFNO. The van der Waals surface area contributed by atoms with Crippen LogP contribution in [-0.4, -0.2) is 10.8 Å². The topological polar surface area (TPSA) is 30.0 Å². The van der Waals surface area contributed by atoms with Gasteiger partial charge in [0.15, 0.2) is 5.78 Å². The Morgan fingerprint density at radius 2 is 2.11 bits per heavy atom. The van der Waals surface area contributed by atoms with Crippen molar-refractivity contribution in [3.05, 3.63) is 64.2 Å². The first-order valence-electron chi connectivity index (χ1n) is 5.46. The molecule has 2 rings (SSSR count). The first kappa shape index (κ1) is 12.7. The van der Waals surface area contributed by atoms with E-state index in [9.17, 15) is 9.18 Å². The van der Waals surface area contributed by atoms with Crippen LogP contribution < -0.4 is 0 Å². The van der Waals surface area contributed by atoms with Crippen molar-refractivity contribution in [3.8, 4) is 0 Å². The smallest absolute Gasteiger partial charge is 0.168 e. The highest BCUT2D eigenvalue weighted by atomic mass is 35.5. The molecule has 1 aromatic heterocycles. The van der Waals surface area contributed by atoms with Crippen LogP contribution in [0.15, 0.2) is 36.5 Å². The maximum Gasteiger partial charge on any atom is 0.168 e. The van der Waals surface area contributed by atoms with Gasteiger partial charge in [0.2, 0.25) is 0 Å². The van der Waals surface area contributed by atoms with Gasteiger partial charge in [0.1, 0.15) is 5.82 Å². The second kappa shape index (κ2) is 5.27. The summed E-state index contributed by atoms with van der Waals surface area (Å²) in [5.41, 5.74) is 2.00. The van der Waals surface area contributed by atoms with Crippen LogP contribution in [0.2, 0.25) is 5.02 Å². The summed E-state index contributed by atoms with van der Waals surface area (Å²) in [6.45, 7) is 1.85. The van der Waals surface area contributed by atoms with E-state index in [0.717, 1.165) is 5.69 Å². The summed E-state index contributed by atoms with van der Waals surface area (Å²) in [4.78, 5) is 16.0. The number of aromatic nitrogens is 1. The minimum atomic E-state index is -0.409. The molecule has 0 radical (unpaired) electrons. The Morgan fingerprint density at radius 3 is 2.72 bits per heavy atom. The van der Waals surface area contributed by atoms with Gasteiger partial charge in [-0.05, 0) is 36.8 Å². The highest BCUT2D eigenvalue weighted by Crippen LogP contribution is 2.19. The van der Waals surface area contributed by atoms with Gasteiger partial charge in [-0.15, -0.1) is 0 Å². The number of ketones is 1. The molecule has 0 unspecified atom stereocenters. The van der Waals surface area contributed by atoms with E-state index in [1.54, 1.807) is 12.1 Å². The summed E-state index contributed by atoms with van der Waals surface area (Å²) < 4.78 is 12.9. The molecule has 0 amide bonds. The fourth-order valence-electron chi connectivity index (χ4n) is 1.57. The molecule has 1 aromatic carbocycles. The minimum Gasteiger partial charge on any atom is -0.294 e. The summed E-state index contributed by atoms with van der Waals surface area (Å²) in [6.07, 6.45) is 1.68. The Balaban J connectivity index is 2.18. The predicted molar refractivity (Wildman–Crippen MR) is 68.4 cm³/mol. The largest absolute Gasteiger partial charge is 0.294 e. The average molecular weight is 264 g/mol. The number of halogens is 2. The molecule has 0 N–H and O–H groups in total. The van der Waals surface area contributed by atoms with Crippen LogP contribution in [-0.2, 0) is 6.42 Å². The molecule has 0 bridgehead atoms. The Hall–Kier alpha value is -1.74. The zero-order chi connectivity index (χ0) is 13.1. The van der Waals surface area contributed by atoms with Gasteiger partial charge >= 0.3 is 0 Å². The summed E-state index contributed by atoms with van der Waals surface area (Å²) in [5.74, 6) is -0.496. The molecule has 0 spiro atoms. The number of benzene rings is 1. The number of Topliss-reactive ketones (excluding diaryl/α,β-unsaturated/α-hetero) is 1. The molecule has 2 aromatic rings. The summed E-state index contributed by atoms with van der Waals surface area (Å²) in [6, 6.07) is 7.53. The van der Waals surface area contributed by atoms with E-state index in [4.69, 9.17) is 11.6 Å².